The van der Waals surface area contributed by atoms with E-state index in [2.05, 4.69) is 14.9 Å². The lowest BCUT2D eigenvalue weighted by atomic mass is 10.0. The number of nitrogens with zero attached hydrogens (tertiary/aromatic N) is 2. The van der Waals surface area contributed by atoms with E-state index in [0.29, 0.717) is 45.1 Å². The summed E-state index contributed by atoms with van der Waals surface area (Å²) in [5.41, 5.74) is 0. The van der Waals surface area contributed by atoms with Gasteiger partial charge in [0.1, 0.15) is 10.9 Å². The van der Waals surface area contributed by atoms with Gasteiger partial charge in [-0.15, -0.1) is 0 Å². The summed E-state index contributed by atoms with van der Waals surface area (Å²) in [4.78, 5) is 27.2. The van der Waals surface area contributed by atoms with Crippen LogP contribution in [0.3, 0.4) is 0 Å². The monoisotopic (exact) mass is 524 g/mol. The van der Waals surface area contributed by atoms with Crippen LogP contribution in [0.5, 0.6) is 0 Å². The Bertz CT molecular complexity index is 938. The second-order valence-corrected chi connectivity index (χ2v) is 10.9. The van der Waals surface area contributed by atoms with Crippen LogP contribution >= 0.6 is 23.2 Å². The first-order chi connectivity index (χ1) is 15.4. The fourth-order valence-electron chi connectivity index (χ4n) is 3.72. The van der Waals surface area contributed by atoms with Gasteiger partial charge in [0.25, 0.3) is 0 Å². The molecule has 0 saturated carbocycles. The van der Waals surface area contributed by atoms with Gasteiger partial charge >= 0.3 is 6.09 Å². The number of carboxylic acid groups (broad SMARTS) is 1. The van der Waals surface area contributed by atoms with E-state index in [-0.39, 0.29) is 21.0 Å². The molecule has 1 saturated heterocycles. The Balaban J connectivity index is 1.98. The molecule has 0 aromatic heterocycles. The van der Waals surface area contributed by atoms with Crippen LogP contribution in [-0.2, 0) is 14.8 Å². The molecule has 0 aliphatic carbocycles. The first kappa shape index (κ1) is 27.6. The van der Waals surface area contributed by atoms with E-state index >= 15 is 0 Å². The molecule has 186 valence electrons. The van der Waals surface area contributed by atoms with E-state index in [1.54, 1.807) is 0 Å². The van der Waals surface area contributed by atoms with Crippen molar-refractivity contribution in [3.05, 3.63) is 28.2 Å². The summed E-state index contributed by atoms with van der Waals surface area (Å²) in [6, 6.07) is 2.27. The molecular weight excluding hydrogens is 495 g/mol. The predicted octanol–water partition coefficient (Wildman–Crippen LogP) is 1.46. The van der Waals surface area contributed by atoms with Crippen LogP contribution in [0.25, 0.3) is 0 Å². The van der Waals surface area contributed by atoms with Crippen LogP contribution in [0.1, 0.15) is 20.3 Å². The van der Waals surface area contributed by atoms with E-state index in [0.717, 1.165) is 0 Å². The molecule has 2 amide bonds. The number of nitrogens with one attached hydrogen (secondary N) is 2. The Morgan fingerprint density at radius 1 is 1.15 bits per heavy atom. The molecule has 0 bridgehead atoms. The summed E-state index contributed by atoms with van der Waals surface area (Å²) in [5, 5.41) is 21.4. The normalized spacial score (nSPS) is 17.1. The number of piperazine rings is 1. The third kappa shape index (κ3) is 8.27. The molecule has 33 heavy (non-hydrogen) atoms. The van der Waals surface area contributed by atoms with Crippen molar-refractivity contribution in [1.82, 2.24) is 19.8 Å². The van der Waals surface area contributed by atoms with Gasteiger partial charge in [-0.3, -0.25) is 9.69 Å². The Hall–Kier alpha value is -1.63. The van der Waals surface area contributed by atoms with Crippen LogP contribution < -0.4 is 10.0 Å². The average molecular weight is 525 g/mol. The lowest BCUT2D eigenvalue weighted by Crippen LogP contribution is -2.57. The van der Waals surface area contributed by atoms with Gasteiger partial charge in [-0.2, -0.15) is 4.72 Å². The highest BCUT2D eigenvalue weighted by Crippen LogP contribution is 2.25. The molecule has 1 aromatic rings. The van der Waals surface area contributed by atoms with Crippen molar-refractivity contribution in [1.29, 1.82) is 0 Å². The maximum atomic E-state index is 12.9. The number of benzene rings is 1. The van der Waals surface area contributed by atoms with E-state index in [9.17, 15) is 23.1 Å². The van der Waals surface area contributed by atoms with Gasteiger partial charge in [-0.25, -0.2) is 13.2 Å². The number of hydrogen-bond acceptors (Lipinski definition) is 6. The van der Waals surface area contributed by atoms with Crippen molar-refractivity contribution in [3.63, 3.8) is 0 Å². The summed E-state index contributed by atoms with van der Waals surface area (Å²) in [7, 11) is -4.17. The summed E-state index contributed by atoms with van der Waals surface area (Å²) in [5.74, 6) is -0.231. The first-order valence-corrected chi connectivity index (χ1v) is 12.8. The minimum atomic E-state index is -4.17. The molecule has 1 fully saturated rings. The Labute approximate surface area is 203 Å². The molecule has 1 aliphatic heterocycles. The number of carbonyl (C=O) groups is 2. The van der Waals surface area contributed by atoms with Crippen LogP contribution in [0, 0.1) is 5.92 Å². The zero-order chi connectivity index (χ0) is 24.8. The van der Waals surface area contributed by atoms with Crippen molar-refractivity contribution in [3.8, 4) is 0 Å². The number of sulfonamides is 1. The third-order valence-electron chi connectivity index (χ3n) is 5.21. The molecule has 1 heterocycles. The molecule has 13 heteroatoms. The minimum Gasteiger partial charge on any atom is -0.465 e. The van der Waals surface area contributed by atoms with Crippen LogP contribution in [-0.4, -0.2) is 91.8 Å². The van der Waals surface area contributed by atoms with Gasteiger partial charge in [0.2, 0.25) is 15.9 Å². The van der Waals surface area contributed by atoms with Gasteiger partial charge in [0.05, 0.1) is 11.6 Å². The molecule has 0 spiro atoms. The topological polar surface area (TPSA) is 139 Å². The molecule has 0 radical (unpaired) electrons. The molecule has 10 nitrogen and oxygen atoms in total. The number of hydrogen-bond donors (Lipinski definition) is 4. The van der Waals surface area contributed by atoms with Crippen molar-refractivity contribution < 1.29 is 28.2 Å². The molecule has 0 unspecified atom stereocenters. The smallest absolute Gasteiger partial charge is 0.404 e. The maximum absolute atomic E-state index is 12.9. The van der Waals surface area contributed by atoms with E-state index < -0.39 is 34.7 Å². The summed E-state index contributed by atoms with van der Waals surface area (Å²) < 4.78 is 27.6. The SMILES string of the molecule is CC(C)C[C@@H](CN1CCN(C(=O)[C@H](CO)NS(=O)(=O)c2ccc(Cl)cc2Cl)CC1)NC(=O)O. The molecule has 1 aromatic carbocycles. The molecule has 2 rings (SSSR count). The maximum Gasteiger partial charge on any atom is 0.404 e. The van der Waals surface area contributed by atoms with Crippen molar-refractivity contribution in [2.24, 2.45) is 5.92 Å². The fraction of sp³-hybridized carbons (Fsp3) is 0.600. The Morgan fingerprint density at radius 2 is 1.79 bits per heavy atom. The van der Waals surface area contributed by atoms with E-state index in [1.165, 1.54) is 23.1 Å². The third-order valence-corrected chi connectivity index (χ3v) is 7.40. The highest BCUT2D eigenvalue weighted by Gasteiger charge is 2.32. The number of amides is 2. The zero-order valence-corrected chi connectivity index (χ0v) is 20.8. The fourth-order valence-corrected chi connectivity index (χ4v) is 5.67. The molecular formula is C20H30Cl2N4O6S. The summed E-state index contributed by atoms with van der Waals surface area (Å²) in [6.07, 6.45) is -0.388. The number of halogens is 2. The first-order valence-electron chi connectivity index (χ1n) is 10.5. The average Bonchev–Trinajstić information content (AvgIpc) is 2.70. The van der Waals surface area contributed by atoms with Gasteiger partial charge in [-0.1, -0.05) is 37.0 Å². The van der Waals surface area contributed by atoms with Gasteiger partial charge in [0, 0.05) is 43.8 Å². The van der Waals surface area contributed by atoms with Gasteiger partial charge in [0.15, 0.2) is 0 Å². The minimum absolute atomic E-state index is 0.0984. The molecule has 1 aliphatic rings. The number of rotatable bonds is 10. The number of carbonyl (C=O) groups excluding carboxylic acids is 1. The lowest BCUT2D eigenvalue weighted by Gasteiger charge is -2.37. The Kier molecular flexibility index (Phi) is 10.2. The van der Waals surface area contributed by atoms with Crippen LogP contribution in [0.2, 0.25) is 10.0 Å². The summed E-state index contributed by atoms with van der Waals surface area (Å²) >= 11 is 11.8. The second-order valence-electron chi connectivity index (χ2n) is 8.33. The van der Waals surface area contributed by atoms with Gasteiger partial charge in [-0.05, 0) is 30.5 Å². The summed E-state index contributed by atoms with van der Waals surface area (Å²) in [6.45, 7) is 5.45. The van der Waals surface area contributed by atoms with Gasteiger partial charge < -0.3 is 20.4 Å². The van der Waals surface area contributed by atoms with Crippen molar-refractivity contribution in [2.75, 3.05) is 39.3 Å². The van der Waals surface area contributed by atoms with E-state index in [1.807, 2.05) is 13.8 Å². The van der Waals surface area contributed by atoms with Crippen molar-refractivity contribution >= 4 is 45.2 Å². The second kappa shape index (κ2) is 12.2. The van der Waals surface area contributed by atoms with Crippen LogP contribution in [0.4, 0.5) is 4.79 Å². The highest BCUT2D eigenvalue weighted by atomic mass is 35.5. The molecule has 2 atom stereocenters. The zero-order valence-electron chi connectivity index (χ0n) is 18.5. The predicted molar refractivity (Wildman–Crippen MR) is 125 cm³/mol. The van der Waals surface area contributed by atoms with Crippen molar-refractivity contribution in [2.45, 2.75) is 37.2 Å². The van der Waals surface area contributed by atoms with E-state index in [4.69, 9.17) is 28.3 Å². The van der Waals surface area contributed by atoms with Crippen LogP contribution in [0.15, 0.2) is 23.1 Å². The Morgan fingerprint density at radius 3 is 2.30 bits per heavy atom. The largest absolute Gasteiger partial charge is 0.465 e. The standard InChI is InChI=1S/C20H30Cl2N4O6S/c1-13(2)9-15(23-20(29)30)11-25-5-7-26(8-6-25)19(28)17(12-27)24-33(31,32)18-4-3-14(21)10-16(18)22/h3-4,10,13,15,17,23-24,27H,5-9,11-12H2,1-2H3,(H,29,30)/t15-,17-/m0/s1. The number of aliphatic hydroxyl groups excluding tert-OH is 1. The highest BCUT2D eigenvalue weighted by molar-refractivity contribution is 7.89. The lowest BCUT2D eigenvalue weighted by molar-refractivity contribution is -0.135. The quantitative estimate of drug-likeness (QED) is 0.363. The number of aliphatic hydroxyl groups is 1. The molecule has 4 N–H and O–H groups in total.